The van der Waals surface area contributed by atoms with Gasteiger partial charge in [0.25, 0.3) is 5.91 Å². The average Bonchev–Trinajstić information content (AvgIpc) is 1.64. The molecule has 28 nitrogen and oxygen atoms in total. The number of hydrogen-bond acceptors (Lipinski definition) is 20. The summed E-state index contributed by atoms with van der Waals surface area (Å²) in [5.41, 5.74) is 27.3. The van der Waals surface area contributed by atoms with Gasteiger partial charge in [-0.15, -0.1) is 0 Å². The van der Waals surface area contributed by atoms with E-state index in [2.05, 4.69) is 133 Å². The largest absolute Gasteiger partial charge is 0.508 e. The van der Waals surface area contributed by atoms with Gasteiger partial charge in [-0.05, 0) is 252 Å². The van der Waals surface area contributed by atoms with Crippen molar-refractivity contribution < 1.29 is 38.3 Å². The van der Waals surface area contributed by atoms with E-state index in [1.807, 2.05) is 200 Å². The number of aromatic hydroxyl groups is 1. The summed E-state index contributed by atoms with van der Waals surface area (Å²) in [6, 6.07) is 89.9. The Bertz CT molecular complexity index is 7760. The third-order valence-electron chi connectivity index (χ3n) is 22.7. The Balaban J connectivity index is 0.000000146. The fourth-order valence-electron chi connectivity index (χ4n) is 15.3. The smallest absolute Gasteiger partial charge is 0.271 e. The highest BCUT2D eigenvalue weighted by molar-refractivity contribution is 9.10. The first-order valence-electron chi connectivity index (χ1n) is 45.8. The van der Waals surface area contributed by atoms with Crippen LogP contribution in [0.2, 0.25) is 10.0 Å². The van der Waals surface area contributed by atoms with E-state index in [0.29, 0.717) is 50.9 Å². The summed E-state index contributed by atoms with van der Waals surface area (Å²) in [6.07, 6.45) is 11.3. The van der Waals surface area contributed by atoms with Crippen molar-refractivity contribution >= 4 is 121 Å². The highest BCUT2D eigenvalue weighted by atomic mass is 79.9. The van der Waals surface area contributed by atoms with Gasteiger partial charge in [0, 0.05) is 140 Å². The molecule has 6 N–H and O–H groups in total. The third kappa shape index (κ3) is 27.5. The summed E-state index contributed by atoms with van der Waals surface area (Å²) in [6.45, 7) is 13.0. The number of aryl methyl sites for hydroxylation is 5. The number of thiazole rings is 1. The Labute approximate surface area is 865 Å². The molecular weight excluding hydrogens is 1970 g/mol. The Morgan fingerprint density at radius 1 is 0.503 bits per heavy atom. The number of rotatable bonds is 27. The molecule has 1 atom stereocenters. The standard InChI is InChI=1S/C33H33N5O3.C27H19Cl2FN4.C18H18N4O.C17H15BrN4O2S.C16H14N4O.H2S/c1-22-10-14-26(15-11-22)38-27(20-30(37-38)25-19-24-6-2-4-8-29(24)35-21-25)7-3-5-9-32(40)36-31(33(34)41)18-23-12-16-28(39)17-13-23;28-23-12-11-22(14-24(23)29)34-26(19-6-9-21(30)10-7-19)15-25(33-34)20-8-13-27(32-17-20)31-16-18-4-2-1-3-5-18;1-13-11-16(20-22(13)15-7-5-4-6-8-15)14-9-10-19-17(12-14)18(23)21(2)3;1-9-16(25-17(19-9)20-11(3)24)14-8-15(10(2)23)22(21-14)13-6-4-12(18)5-7-13;1-11-9-15(13-6-8-17-14(10-13)12(2)21)19-20(11)16-5-3-4-7-18-16;/h2,4,6,8,10-17,19-21,31,39H,3,5,7,9,18H2,1H3,(H2,34,41)(H,36,40);1-15,17H,16H2,(H,31,32);4-12H,1-3H3;4-8H,1-3H3,(H,19,20,24);3-10H,1-2H3;1H2. The van der Waals surface area contributed by atoms with Gasteiger partial charge in [0.15, 0.2) is 22.5 Å². The fraction of sp³-hybridized carbons (Fsp3) is 0.144. The molecule has 34 heteroatoms. The van der Waals surface area contributed by atoms with Crippen molar-refractivity contribution in [1.82, 2.24) is 89.0 Å². The van der Waals surface area contributed by atoms with E-state index in [4.69, 9.17) is 39.1 Å². The Hall–Kier alpha value is -16.4. The van der Waals surface area contributed by atoms with Gasteiger partial charge in [-0.3, -0.25) is 43.7 Å². The van der Waals surface area contributed by atoms with Crippen molar-refractivity contribution in [3.8, 4) is 101 Å². The number of carbonyl (C=O) groups is 6. The Morgan fingerprint density at radius 2 is 1.10 bits per heavy atom. The number of phenols is 1. The van der Waals surface area contributed by atoms with Crippen molar-refractivity contribution in [2.75, 3.05) is 24.7 Å². The van der Waals surface area contributed by atoms with Crippen LogP contribution in [0.1, 0.15) is 111 Å². The average molecular weight is 2080 g/mol. The number of phenolic OH excluding ortho intramolecular Hbond substituents is 1. The molecule has 0 bridgehead atoms. The Morgan fingerprint density at radius 3 is 1.75 bits per heavy atom. The summed E-state index contributed by atoms with van der Waals surface area (Å²) >= 11 is 17.1. The number of hydrogen-bond donors (Lipinski definition) is 5. The molecule has 1 unspecified atom stereocenters. The first kappa shape index (κ1) is 104. The van der Waals surface area contributed by atoms with Crippen LogP contribution in [0.5, 0.6) is 5.75 Å². The summed E-state index contributed by atoms with van der Waals surface area (Å²) in [4.78, 5) is 99.7. The fourth-order valence-corrected chi connectivity index (χ4v) is 16.8. The van der Waals surface area contributed by atoms with E-state index < -0.39 is 11.9 Å². The number of primary amides is 1. The number of halogens is 4. The van der Waals surface area contributed by atoms with Gasteiger partial charge >= 0.3 is 0 Å². The summed E-state index contributed by atoms with van der Waals surface area (Å²) in [7, 11) is 3.43. The molecule has 0 aliphatic carbocycles. The van der Waals surface area contributed by atoms with E-state index in [1.165, 1.54) is 60.3 Å². The molecule has 11 aromatic heterocycles. The van der Waals surface area contributed by atoms with E-state index in [0.717, 1.165) is 152 Å². The third-order valence-corrected chi connectivity index (χ3v) is 25.0. The zero-order chi connectivity index (χ0) is 102. The second kappa shape index (κ2) is 48.9. The maximum atomic E-state index is 13.5. The van der Waals surface area contributed by atoms with Crippen LogP contribution in [-0.2, 0) is 33.8 Å². The van der Waals surface area contributed by atoms with Crippen molar-refractivity contribution in [3.63, 3.8) is 0 Å². The second-order valence-corrected chi connectivity index (χ2v) is 36.5. The number of para-hydroxylation sites is 2. The number of nitrogens with one attached hydrogen (secondary N) is 3. The van der Waals surface area contributed by atoms with Crippen LogP contribution in [0.15, 0.2) is 327 Å². The van der Waals surface area contributed by atoms with Crippen LogP contribution < -0.4 is 21.7 Å². The quantitative estimate of drug-likeness (QED) is 0.0236. The maximum Gasteiger partial charge on any atom is 0.271 e. The maximum absolute atomic E-state index is 13.5. The van der Waals surface area contributed by atoms with E-state index in [1.54, 1.807) is 120 Å². The summed E-state index contributed by atoms with van der Waals surface area (Å²) < 4.78 is 23.5. The SMILES string of the molecule is CC(=O)Nc1nc(C)c(-c2cc(C(C)=O)n(-c3ccc(Br)cc3)n2)s1.CC(=O)c1cc(-c2cc(C)n(-c3ccccn3)n2)ccn1.Cc1cc(-c2ccnc(C(=O)N(C)C)c2)nn1-c1ccccc1.Cc1ccc(-n2nc(-c3cnc4ccccc4c3)cc2CCCCC(=O)NC(Cc2ccc(O)cc2)C(N)=O)cc1.Fc1ccc(-c2cc(-c3ccc(NCc4ccccc4)nc3)nn2-c2ccc(Cl)c(Cl)c2)cc1.S. The number of carbonyl (C=O) groups excluding carboxylic acids is 6. The van der Waals surface area contributed by atoms with Crippen molar-refractivity contribution in [2.24, 2.45) is 5.73 Å². The van der Waals surface area contributed by atoms with Gasteiger partial charge in [0.05, 0.1) is 77.4 Å². The van der Waals surface area contributed by atoms with Crippen molar-refractivity contribution in [1.29, 1.82) is 0 Å². The molecule has 8 aromatic carbocycles. The molecule has 732 valence electrons. The minimum absolute atomic E-state index is 0. The molecule has 0 spiro atoms. The lowest BCUT2D eigenvalue weighted by molar-refractivity contribution is -0.127. The minimum atomic E-state index is -0.812. The monoisotopic (exact) mass is 2070 g/mol. The van der Waals surface area contributed by atoms with E-state index in [9.17, 15) is 38.3 Å². The predicted molar refractivity (Wildman–Crippen MR) is 576 cm³/mol. The van der Waals surface area contributed by atoms with Crippen LogP contribution in [0.4, 0.5) is 15.3 Å². The molecule has 19 aromatic rings. The molecule has 145 heavy (non-hydrogen) atoms. The van der Waals surface area contributed by atoms with Gasteiger partial charge in [-0.2, -0.15) is 39.0 Å². The van der Waals surface area contributed by atoms with Crippen molar-refractivity contribution in [2.45, 2.75) is 93.2 Å². The summed E-state index contributed by atoms with van der Waals surface area (Å²) in [5, 5.41) is 44.3. The lowest BCUT2D eigenvalue weighted by Gasteiger charge is -2.15. The summed E-state index contributed by atoms with van der Waals surface area (Å²) in [5.74, 6) is 0.134. The number of ketones is 2. The van der Waals surface area contributed by atoms with E-state index in [-0.39, 0.29) is 67.2 Å². The van der Waals surface area contributed by atoms with Crippen LogP contribution in [0.25, 0.3) is 106 Å². The molecule has 4 amide bonds. The van der Waals surface area contributed by atoms with Crippen LogP contribution in [-0.4, -0.2) is 144 Å². The molecule has 19 rings (SSSR count). The number of anilines is 2. The molecule has 11 heterocycles. The molecule has 0 radical (unpaired) electrons. The van der Waals surface area contributed by atoms with Gasteiger partial charge in [0.2, 0.25) is 17.7 Å². The number of fused-ring (bicyclic) bond motifs is 1. The zero-order valence-electron chi connectivity index (χ0n) is 80.4. The molecule has 0 aliphatic heterocycles. The van der Waals surface area contributed by atoms with Crippen LogP contribution in [0, 0.1) is 33.5 Å². The molecule has 0 aliphatic rings. The number of amides is 4. The predicted octanol–water partition coefficient (Wildman–Crippen LogP) is 22.8. The molecule has 0 saturated carbocycles. The molecular formula is C111H101BrCl2FN21O7S2. The Kier molecular flexibility index (Phi) is 35.2. The zero-order valence-corrected chi connectivity index (χ0v) is 85.3. The number of pyridine rings is 5. The van der Waals surface area contributed by atoms with Gasteiger partial charge in [0.1, 0.15) is 46.2 Å². The first-order chi connectivity index (χ1) is 69.5. The lowest BCUT2D eigenvalue weighted by atomic mass is 10.0. The van der Waals surface area contributed by atoms with Crippen molar-refractivity contribution in [3.05, 3.63) is 399 Å². The minimum Gasteiger partial charge on any atom is -0.508 e. The van der Waals surface area contributed by atoms with E-state index >= 15 is 0 Å². The molecule has 0 saturated heterocycles. The highest BCUT2D eigenvalue weighted by Gasteiger charge is 2.24. The topological polar surface area (TPSA) is 354 Å². The van der Waals surface area contributed by atoms with Gasteiger partial charge in [-0.25, -0.2) is 42.8 Å². The van der Waals surface area contributed by atoms with Crippen LogP contribution in [0.3, 0.4) is 0 Å². The number of unbranched alkanes of at least 4 members (excludes halogenated alkanes) is 1. The van der Waals surface area contributed by atoms with Gasteiger partial charge in [-0.1, -0.05) is 153 Å². The van der Waals surface area contributed by atoms with Crippen LogP contribution >= 0.6 is 64.0 Å². The lowest BCUT2D eigenvalue weighted by Crippen LogP contribution is -2.45. The highest BCUT2D eigenvalue weighted by Crippen LogP contribution is 2.37. The number of aromatic nitrogens is 16. The second-order valence-electron chi connectivity index (χ2n) is 33.8. The molecule has 0 fully saturated rings. The van der Waals surface area contributed by atoms with Gasteiger partial charge < -0.3 is 31.7 Å². The number of nitrogens with two attached hydrogens (primary N) is 1. The normalized spacial score (nSPS) is 11.0. The number of Topliss-reactive ketones (excluding diaryl/α,β-unsaturated/α-hetero) is 2. The first-order valence-corrected chi connectivity index (χ1v) is 48.2. The number of benzene rings is 8. The number of nitrogens with zero attached hydrogens (tertiary/aromatic N) is 17.